The van der Waals surface area contributed by atoms with Crippen molar-refractivity contribution in [3.8, 4) is 0 Å². The van der Waals surface area contributed by atoms with Crippen molar-refractivity contribution in [3.63, 3.8) is 0 Å². The summed E-state index contributed by atoms with van der Waals surface area (Å²) in [5.74, 6) is 0.800. The third-order valence-corrected chi connectivity index (χ3v) is 5.71. The minimum Gasteiger partial charge on any atom is -0.330 e. The molecule has 0 radical (unpaired) electrons. The van der Waals surface area contributed by atoms with Gasteiger partial charge in [-0.1, -0.05) is 0 Å². The molecule has 1 aliphatic heterocycles. The van der Waals surface area contributed by atoms with Gasteiger partial charge in [-0.2, -0.15) is 0 Å². The third kappa shape index (κ3) is 1.18. The molecule has 0 bridgehead atoms. The zero-order chi connectivity index (χ0) is 8.70. The van der Waals surface area contributed by atoms with E-state index in [9.17, 15) is 4.21 Å². The van der Waals surface area contributed by atoms with Gasteiger partial charge >= 0.3 is 0 Å². The summed E-state index contributed by atoms with van der Waals surface area (Å²) in [6, 6.07) is 0. The predicted molar refractivity (Wildman–Crippen MR) is 47.0 cm³/mol. The first-order chi connectivity index (χ1) is 4.92. The van der Waals surface area contributed by atoms with Crippen molar-refractivity contribution in [1.82, 2.24) is 0 Å². The Morgan fingerprint density at radius 2 is 2.27 bits per heavy atom. The Bertz CT molecular complexity index is 243. The van der Waals surface area contributed by atoms with Gasteiger partial charge in [0.15, 0.2) is 0 Å². The van der Waals surface area contributed by atoms with Crippen LogP contribution in [0.4, 0.5) is 0 Å². The number of nitrogens with two attached hydrogens (primary N) is 1. The molecule has 1 saturated heterocycles. The second-order valence-corrected chi connectivity index (χ2v) is 6.52. The van der Waals surface area contributed by atoms with Gasteiger partial charge in [0.25, 0.3) is 0 Å². The van der Waals surface area contributed by atoms with Crippen molar-refractivity contribution >= 4 is 9.73 Å². The maximum atomic E-state index is 11.6. The first kappa shape index (κ1) is 9.00. The van der Waals surface area contributed by atoms with Crippen molar-refractivity contribution in [1.29, 1.82) is 4.78 Å². The highest BCUT2D eigenvalue weighted by Gasteiger charge is 2.43. The van der Waals surface area contributed by atoms with Crippen molar-refractivity contribution in [2.45, 2.75) is 25.0 Å². The van der Waals surface area contributed by atoms with Crippen molar-refractivity contribution in [2.75, 3.05) is 12.3 Å². The second kappa shape index (κ2) is 2.45. The molecule has 1 aliphatic rings. The van der Waals surface area contributed by atoms with Gasteiger partial charge in [0, 0.05) is 15.5 Å². The highest BCUT2D eigenvalue weighted by Crippen LogP contribution is 2.36. The maximum absolute atomic E-state index is 11.6. The summed E-state index contributed by atoms with van der Waals surface area (Å²) in [6.07, 6.45) is 0.853. The van der Waals surface area contributed by atoms with E-state index < -0.39 is 9.73 Å². The fourth-order valence-corrected chi connectivity index (χ4v) is 3.48. The van der Waals surface area contributed by atoms with Crippen LogP contribution in [0.3, 0.4) is 0 Å². The van der Waals surface area contributed by atoms with E-state index in [4.69, 9.17) is 10.5 Å². The van der Waals surface area contributed by atoms with Crippen LogP contribution >= 0.6 is 0 Å². The van der Waals surface area contributed by atoms with E-state index >= 15 is 0 Å². The predicted octanol–water partition coefficient (Wildman–Crippen LogP) is 0.790. The summed E-state index contributed by atoms with van der Waals surface area (Å²) in [5, 5.41) is 0. The van der Waals surface area contributed by atoms with E-state index in [2.05, 4.69) is 0 Å². The molecule has 0 spiro atoms. The lowest BCUT2D eigenvalue weighted by molar-refractivity contribution is 0.438. The highest BCUT2D eigenvalue weighted by atomic mass is 32.2. The second-order valence-electron chi connectivity index (χ2n) is 3.70. The maximum Gasteiger partial charge on any atom is 0.0523 e. The lowest BCUT2D eigenvalue weighted by Crippen LogP contribution is -2.36. The summed E-state index contributed by atoms with van der Waals surface area (Å²) in [5.41, 5.74) is 5.52. The quantitative estimate of drug-likeness (QED) is 0.620. The topological polar surface area (TPSA) is 66.9 Å². The molecule has 0 aliphatic carbocycles. The Morgan fingerprint density at radius 1 is 1.73 bits per heavy atom. The fraction of sp³-hybridized carbons (Fsp3) is 1.00. The van der Waals surface area contributed by atoms with Crippen LogP contribution in [0.5, 0.6) is 0 Å². The molecule has 0 aromatic carbocycles. The Hall–Kier alpha value is -0.0900. The standard InChI is InChI=1S/C7H16N2OS/c1-7(2)6(5-8)3-4-11(7,9)10/h6,9H,3-5,8H2,1-2H3. The van der Waals surface area contributed by atoms with Gasteiger partial charge in [0.05, 0.1) is 4.75 Å². The number of nitrogens with one attached hydrogen (secondary N) is 1. The molecule has 0 aromatic rings. The SMILES string of the molecule is CC1(C)C(CN)CCS1(=N)=O. The van der Waals surface area contributed by atoms with E-state index in [1.807, 2.05) is 13.8 Å². The van der Waals surface area contributed by atoms with Gasteiger partial charge in [-0.3, -0.25) is 4.78 Å². The molecule has 0 amide bonds. The number of hydrogen-bond acceptors (Lipinski definition) is 3. The Morgan fingerprint density at radius 3 is 2.45 bits per heavy atom. The summed E-state index contributed by atoms with van der Waals surface area (Å²) in [6.45, 7) is 4.35. The molecule has 0 saturated carbocycles. The zero-order valence-electron chi connectivity index (χ0n) is 7.09. The van der Waals surface area contributed by atoms with E-state index in [0.717, 1.165) is 6.42 Å². The molecule has 11 heavy (non-hydrogen) atoms. The minimum absolute atomic E-state index is 0.271. The first-order valence-corrected chi connectivity index (χ1v) is 5.60. The summed E-state index contributed by atoms with van der Waals surface area (Å²) in [7, 11) is -2.37. The van der Waals surface area contributed by atoms with Crippen LogP contribution in [0.2, 0.25) is 0 Å². The Labute approximate surface area is 68.3 Å². The van der Waals surface area contributed by atoms with Gasteiger partial charge in [-0.25, -0.2) is 4.21 Å². The monoisotopic (exact) mass is 176 g/mol. The molecule has 4 heteroatoms. The van der Waals surface area contributed by atoms with Gasteiger partial charge in [-0.05, 0) is 32.7 Å². The minimum atomic E-state index is -2.37. The summed E-state index contributed by atoms with van der Waals surface area (Å²) >= 11 is 0. The zero-order valence-corrected chi connectivity index (χ0v) is 7.91. The molecular weight excluding hydrogens is 160 g/mol. The average Bonchev–Trinajstić information content (AvgIpc) is 2.05. The molecule has 3 N–H and O–H groups in total. The first-order valence-electron chi connectivity index (χ1n) is 3.88. The average molecular weight is 176 g/mol. The summed E-state index contributed by atoms with van der Waals surface area (Å²) in [4.78, 5) is 0. The molecule has 1 fully saturated rings. The molecular formula is C7H16N2OS. The lowest BCUT2D eigenvalue weighted by Gasteiger charge is -2.26. The van der Waals surface area contributed by atoms with E-state index in [1.165, 1.54) is 0 Å². The molecule has 1 rings (SSSR count). The molecule has 2 atom stereocenters. The van der Waals surface area contributed by atoms with Crippen LogP contribution in [0, 0.1) is 10.7 Å². The van der Waals surface area contributed by atoms with Crippen molar-refractivity contribution in [2.24, 2.45) is 11.7 Å². The van der Waals surface area contributed by atoms with Crippen LogP contribution in [-0.2, 0) is 9.73 Å². The van der Waals surface area contributed by atoms with Gasteiger partial charge in [-0.15, -0.1) is 0 Å². The number of rotatable bonds is 1. The van der Waals surface area contributed by atoms with Gasteiger partial charge in [0.1, 0.15) is 0 Å². The van der Waals surface area contributed by atoms with Gasteiger partial charge < -0.3 is 5.73 Å². The van der Waals surface area contributed by atoms with Crippen molar-refractivity contribution in [3.05, 3.63) is 0 Å². The fourth-order valence-electron chi connectivity index (χ4n) is 1.59. The van der Waals surface area contributed by atoms with Crippen molar-refractivity contribution < 1.29 is 4.21 Å². The van der Waals surface area contributed by atoms with Crippen LogP contribution in [0.25, 0.3) is 0 Å². The van der Waals surface area contributed by atoms with Crippen LogP contribution < -0.4 is 5.73 Å². The van der Waals surface area contributed by atoms with Gasteiger partial charge in [0.2, 0.25) is 0 Å². The summed E-state index contributed by atoms with van der Waals surface area (Å²) < 4.78 is 18.8. The van der Waals surface area contributed by atoms with Crippen LogP contribution in [-0.4, -0.2) is 21.3 Å². The van der Waals surface area contributed by atoms with E-state index in [-0.39, 0.29) is 10.7 Å². The third-order valence-electron chi connectivity index (χ3n) is 2.87. The van der Waals surface area contributed by atoms with E-state index in [1.54, 1.807) is 0 Å². The highest BCUT2D eigenvalue weighted by molar-refractivity contribution is 7.94. The Kier molecular flexibility index (Phi) is 2.01. The van der Waals surface area contributed by atoms with E-state index in [0.29, 0.717) is 12.3 Å². The molecule has 0 aromatic heterocycles. The molecule has 66 valence electrons. The van der Waals surface area contributed by atoms with Crippen LogP contribution in [0.15, 0.2) is 0 Å². The Balaban J connectivity index is 3.00. The van der Waals surface area contributed by atoms with Crippen LogP contribution in [0.1, 0.15) is 20.3 Å². The lowest BCUT2D eigenvalue weighted by atomic mass is 9.93. The molecule has 1 heterocycles. The largest absolute Gasteiger partial charge is 0.330 e. The molecule has 2 unspecified atom stereocenters. The molecule has 3 nitrogen and oxygen atoms in total. The normalized spacial score (nSPS) is 42.6. The smallest absolute Gasteiger partial charge is 0.0523 e. The number of hydrogen-bond donors (Lipinski definition) is 2.